The number of anilines is 1. The molecule has 1 amide bonds. The van der Waals surface area contributed by atoms with Crippen molar-refractivity contribution < 1.29 is 14.7 Å². The van der Waals surface area contributed by atoms with Gasteiger partial charge in [-0.05, 0) is 32.4 Å². The Balaban J connectivity index is 3.35. The Kier molecular flexibility index (Phi) is 4.25. The molecule has 1 aromatic rings. The Bertz CT molecular complexity index is 486. The average Bonchev–Trinajstić information content (AvgIpc) is 2.23. The van der Waals surface area contributed by atoms with E-state index in [4.69, 9.17) is 5.73 Å². The van der Waals surface area contributed by atoms with E-state index < -0.39 is 11.9 Å². The molecule has 0 spiro atoms. The van der Waals surface area contributed by atoms with Gasteiger partial charge in [-0.15, -0.1) is 0 Å². The van der Waals surface area contributed by atoms with E-state index in [2.05, 4.69) is 4.98 Å². The van der Waals surface area contributed by atoms with Gasteiger partial charge in [0.05, 0.1) is 6.54 Å². The maximum Gasteiger partial charge on any atom is 0.339 e. The molecule has 0 radical (unpaired) electrons. The number of carboxylic acids is 1. The second-order valence-electron chi connectivity index (χ2n) is 4.06. The van der Waals surface area contributed by atoms with Gasteiger partial charge >= 0.3 is 5.97 Å². The number of likely N-dealkylation sites (N-methyl/N-ethyl adjacent to an activating group) is 1. The van der Waals surface area contributed by atoms with Gasteiger partial charge in [0.25, 0.3) is 0 Å². The molecular formula is C12H17N3O3. The number of hydrogen-bond acceptors (Lipinski definition) is 4. The van der Waals surface area contributed by atoms with Crippen molar-refractivity contribution in [3.63, 3.8) is 0 Å². The van der Waals surface area contributed by atoms with E-state index in [0.717, 1.165) is 0 Å². The van der Waals surface area contributed by atoms with Gasteiger partial charge in [-0.2, -0.15) is 0 Å². The average molecular weight is 251 g/mol. The van der Waals surface area contributed by atoms with Crippen LogP contribution < -0.4 is 10.6 Å². The molecule has 0 aliphatic rings. The van der Waals surface area contributed by atoms with E-state index in [1.807, 2.05) is 6.92 Å². The molecular weight excluding hydrogens is 234 g/mol. The first-order valence-corrected chi connectivity index (χ1v) is 5.61. The molecule has 0 fully saturated rings. The molecule has 0 saturated carbocycles. The van der Waals surface area contributed by atoms with Gasteiger partial charge in [0, 0.05) is 12.2 Å². The number of aryl methyl sites for hydroxylation is 2. The van der Waals surface area contributed by atoms with Crippen LogP contribution in [0.1, 0.15) is 28.5 Å². The van der Waals surface area contributed by atoms with Gasteiger partial charge in [-0.25, -0.2) is 9.78 Å². The minimum Gasteiger partial charge on any atom is -0.478 e. The van der Waals surface area contributed by atoms with Gasteiger partial charge < -0.3 is 15.7 Å². The third kappa shape index (κ3) is 2.97. The number of carboxylic acid groups (broad SMARTS) is 1. The fourth-order valence-electron chi connectivity index (χ4n) is 1.83. The summed E-state index contributed by atoms with van der Waals surface area (Å²) < 4.78 is 0. The van der Waals surface area contributed by atoms with Crippen LogP contribution in [0, 0.1) is 13.8 Å². The normalized spacial score (nSPS) is 10.2. The van der Waals surface area contributed by atoms with Gasteiger partial charge in [-0.1, -0.05) is 0 Å². The first-order chi connectivity index (χ1) is 8.36. The fourth-order valence-corrected chi connectivity index (χ4v) is 1.83. The molecule has 1 rings (SSSR count). The van der Waals surface area contributed by atoms with Crippen LogP contribution in [-0.4, -0.2) is 35.1 Å². The number of aromatic carboxylic acids is 1. The lowest BCUT2D eigenvalue weighted by molar-refractivity contribution is -0.116. The highest BCUT2D eigenvalue weighted by molar-refractivity contribution is 5.95. The Morgan fingerprint density at radius 1 is 1.44 bits per heavy atom. The van der Waals surface area contributed by atoms with Crippen molar-refractivity contribution in [3.8, 4) is 0 Å². The predicted molar refractivity (Wildman–Crippen MR) is 67.8 cm³/mol. The summed E-state index contributed by atoms with van der Waals surface area (Å²) in [5, 5.41) is 9.23. The number of nitrogens with zero attached hydrogens (tertiary/aromatic N) is 2. The van der Waals surface area contributed by atoms with Crippen molar-refractivity contribution in [3.05, 3.63) is 22.9 Å². The topological polar surface area (TPSA) is 96.5 Å². The van der Waals surface area contributed by atoms with Crippen molar-refractivity contribution in [2.45, 2.75) is 20.8 Å². The van der Waals surface area contributed by atoms with Crippen molar-refractivity contribution in [2.75, 3.05) is 18.0 Å². The highest BCUT2D eigenvalue weighted by atomic mass is 16.4. The monoisotopic (exact) mass is 251 g/mol. The number of carbonyl (C=O) groups is 2. The van der Waals surface area contributed by atoms with Crippen LogP contribution in [0.15, 0.2) is 6.07 Å². The Morgan fingerprint density at radius 3 is 2.50 bits per heavy atom. The number of carbonyl (C=O) groups excluding carboxylic acids is 1. The molecule has 0 bridgehead atoms. The highest BCUT2D eigenvalue weighted by Crippen LogP contribution is 2.22. The molecule has 0 aromatic carbocycles. The van der Waals surface area contributed by atoms with E-state index >= 15 is 0 Å². The van der Waals surface area contributed by atoms with Crippen LogP contribution in [0.2, 0.25) is 0 Å². The number of amides is 1. The lowest BCUT2D eigenvalue weighted by atomic mass is 10.1. The van der Waals surface area contributed by atoms with Gasteiger partial charge in [0.15, 0.2) is 0 Å². The molecule has 0 unspecified atom stereocenters. The number of primary amides is 1. The van der Waals surface area contributed by atoms with Crippen molar-refractivity contribution >= 4 is 17.7 Å². The van der Waals surface area contributed by atoms with Gasteiger partial charge in [-0.3, -0.25) is 4.79 Å². The summed E-state index contributed by atoms with van der Waals surface area (Å²) in [5.74, 6) is -1.28. The van der Waals surface area contributed by atoms with Gasteiger partial charge in [0.2, 0.25) is 5.91 Å². The van der Waals surface area contributed by atoms with Crippen LogP contribution in [0.4, 0.5) is 5.82 Å². The Labute approximate surface area is 105 Å². The third-order valence-electron chi connectivity index (χ3n) is 2.57. The minimum atomic E-state index is -1.06. The smallest absolute Gasteiger partial charge is 0.339 e. The van der Waals surface area contributed by atoms with Crippen molar-refractivity contribution in [1.82, 2.24) is 4.98 Å². The summed E-state index contributed by atoms with van der Waals surface area (Å²) >= 11 is 0. The standard InChI is InChI=1S/C12H17N3O3/c1-4-15(6-9(13)16)11-10(12(17)18)7(2)5-8(3)14-11/h5H,4,6H2,1-3H3,(H2,13,16)(H,17,18). The van der Waals surface area contributed by atoms with Crippen molar-refractivity contribution in [1.29, 1.82) is 0 Å². The van der Waals surface area contributed by atoms with E-state index in [1.54, 1.807) is 24.8 Å². The van der Waals surface area contributed by atoms with E-state index in [9.17, 15) is 14.7 Å². The second-order valence-corrected chi connectivity index (χ2v) is 4.06. The van der Waals surface area contributed by atoms with Crippen LogP contribution in [0.3, 0.4) is 0 Å². The number of rotatable bonds is 5. The molecule has 6 heteroatoms. The lowest BCUT2D eigenvalue weighted by Crippen LogP contribution is -2.35. The largest absolute Gasteiger partial charge is 0.478 e. The summed E-state index contributed by atoms with van der Waals surface area (Å²) in [5.41, 5.74) is 6.59. The fraction of sp³-hybridized carbons (Fsp3) is 0.417. The maximum atomic E-state index is 11.3. The molecule has 0 aliphatic carbocycles. The molecule has 1 heterocycles. The first-order valence-electron chi connectivity index (χ1n) is 5.61. The highest BCUT2D eigenvalue weighted by Gasteiger charge is 2.20. The van der Waals surface area contributed by atoms with E-state index in [0.29, 0.717) is 23.6 Å². The van der Waals surface area contributed by atoms with Crippen LogP contribution in [-0.2, 0) is 4.79 Å². The molecule has 0 saturated heterocycles. The molecule has 0 atom stereocenters. The number of pyridine rings is 1. The maximum absolute atomic E-state index is 11.3. The van der Waals surface area contributed by atoms with E-state index in [1.165, 1.54) is 0 Å². The lowest BCUT2D eigenvalue weighted by Gasteiger charge is -2.23. The molecule has 6 nitrogen and oxygen atoms in total. The predicted octanol–water partition coefficient (Wildman–Crippen LogP) is 0.708. The number of nitrogens with two attached hydrogens (primary N) is 1. The van der Waals surface area contributed by atoms with Crippen LogP contribution in [0.25, 0.3) is 0 Å². The summed E-state index contributed by atoms with van der Waals surface area (Å²) in [6.07, 6.45) is 0. The summed E-state index contributed by atoms with van der Waals surface area (Å²) in [4.78, 5) is 28.1. The van der Waals surface area contributed by atoms with Crippen LogP contribution >= 0.6 is 0 Å². The minimum absolute atomic E-state index is 0.0489. The Morgan fingerprint density at radius 2 is 2.06 bits per heavy atom. The summed E-state index contributed by atoms with van der Waals surface area (Å²) in [6.45, 7) is 5.71. The van der Waals surface area contributed by atoms with Gasteiger partial charge in [0.1, 0.15) is 11.4 Å². The first kappa shape index (κ1) is 14.0. The summed E-state index contributed by atoms with van der Waals surface area (Å²) in [6, 6.07) is 1.70. The van der Waals surface area contributed by atoms with Crippen LogP contribution in [0.5, 0.6) is 0 Å². The Hall–Kier alpha value is -2.11. The number of hydrogen-bond donors (Lipinski definition) is 2. The zero-order valence-electron chi connectivity index (χ0n) is 10.7. The second kappa shape index (κ2) is 5.48. The quantitative estimate of drug-likeness (QED) is 0.803. The zero-order chi connectivity index (χ0) is 13.9. The zero-order valence-corrected chi connectivity index (χ0v) is 10.7. The molecule has 3 N–H and O–H groups in total. The van der Waals surface area contributed by atoms with Crippen molar-refractivity contribution in [2.24, 2.45) is 5.73 Å². The number of aromatic nitrogens is 1. The molecule has 0 aliphatic heterocycles. The molecule has 1 aromatic heterocycles. The van der Waals surface area contributed by atoms with E-state index in [-0.39, 0.29) is 12.1 Å². The SMILES string of the molecule is CCN(CC(N)=O)c1nc(C)cc(C)c1C(=O)O. The molecule has 98 valence electrons. The molecule has 18 heavy (non-hydrogen) atoms. The summed E-state index contributed by atoms with van der Waals surface area (Å²) in [7, 11) is 0. The third-order valence-corrected chi connectivity index (χ3v) is 2.57.